The Morgan fingerprint density at radius 2 is 0.372 bits per heavy atom. The van der Waals surface area contributed by atoms with Gasteiger partial charge in [0.25, 0.3) is 0 Å². The number of benzene rings is 1. The van der Waals surface area contributed by atoms with Crippen LogP contribution in [0.15, 0.2) is 42.6 Å². The van der Waals surface area contributed by atoms with Gasteiger partial charge in [0.05, 0.1) is 0 Å². The summed E-state index contributed by atoms with van der Waals surface area (Å²) in [6.45, 7) is 0. The largest absolute Gasteiger partial charge is 0.369 e. The van der Waals surface area contributed by atoms with Crippen LogP contribution in [-0.2, 0) is 2090 Å². The van der Waals surface area contributed by atoms with Crippen molar-refractivity contribution < 1.29 is 2090 Å². The van der Waals surface area contributed by atoms with Crippen molar-refractivity contribution in [2.75, 3.05) is 11.9 Å². The first-order valence-corrected chi connectivity index (χ1v) is 4.41. The first-order chi connectivity index (χ1) is 6.88. The van der Waals surface area contributed by atoms with Crippen LogP contribution >= 0.6 is 0 Å². The molecule has 1 aromatic heterocycles. The fourth-order valence-corrected chi connectivity index (χ4v) is 1.21. The van der Waals surface area contributed by atoms with Crippen molar-refractivity contribution in [3.05, 3.63) is 54.7 Å². The van der Waals surface area contributed by atoms with Crippen molar-refractivity contribution in [2.24, 2.45) is 0 Å². The molecule has 0 aliphatic carbocycles. The Kier molecular flexibility index (Phi) is 2260. The maximum Gasteiger partial charge on any atom is 0.0359 e. The van der Waals surface area contributed by atoms with Crippen LogP contribution in [0.5, 0.6) is 0 Å². The van der Waals surface area contributed by atoms with Crippen LogP contribution in [0.1, 0.15) is 0 Å². The molecule has 0 N–H and O–H groups in total. The van der Waals surface area contributed by atoms with E-state index in [1.807, 2.05) is 48.3 Å². The summed E-state index contributed by atoms with van der Waals surface area (Å²) < 4.78 is 0. The second-order valence-electron chi connectivity index (χ2n) is 2.91. The van der Waals surface area contributed by atoms with Gasteiger partial charge in [0.15, 0.2) is 0 Å². The molecule has 0 atom stereocenters. The molecule has 1 heterocycles. The van der Waals surface area contributed by atoms with Gasteiger partial charge in [-0.3, -0.25) is 4.98 Å². The van der Waals surface area contributed by atoms with Crippen LogP contribution in [0.25, 0.3) is 0 Å². The van der Waals surface area contributed by atoms with Gasteiger partial charge in [-0.25, -0.2) is 12.1 Å². The van der Waals surface area contributed by atoms with Gasteiger partial charge >= 0.3 is 0 Å². The van der Waals surface area contributed by atoms with E-state index in [0.29, 0.717) is 0 Å². The third kappa shape index (κ3) is 348. The molecule has 2 nitrogen and oxygen atoms in total. The predicted molar refractivity (Wildman–Crippen MR) is 56.4 cm³/mol. The van der Waals surface area contributed by atoms with Crippen molar-refractivity contribution in [3.8, 4) is 0 Å². The SMILES string of the molecule is CN(c1[c-]cccc1)c1[c-]cccn1.[Y].[Y].[Y].[Y].[Y].[Y].[Y].[Y].[Y].[Y].[Y].[Y].[Y].[Y].[Y].[Y].[Y].[Y].[Y].[Y].[Y].[Y].[Y].[Y].[Y].[Y].[Y].[Y].[Y].[Y].[Y].[Y].[Y].[Y].[Y].[Y].[Y].[Y].[Y].[Y].[Y].[Y].[Y].[Y].[Y].[Y].[Y].[Y].[Y].[Y].[Y].[Y].[Y].[Y].[Y].[Y].[Y].[Y].[Y].[Y].[Y].[Y].[Y].[Y]. The summed E-state index contributed by atoms with van der Waals surface area (Å²) in [4.78, 5) is 6.15. The number of hydrogen-bond donors (Lipinski definition) is 0. The molecule has 2 aromatic rings. The zero-order chi connectivity index (χ0) is 9.80. The number of nitrogens with zero attached hydrogens (tertiary/aromatic N) is 2. The van der Waals surface area contributed by atoms with Gasteiger partial charge in [0.2, 0.25) is 0 Å². The molecule has 262 valence electrons. The minimum Gasteiger partial charge on any atom is -0.369 e. The molecule has 0 unspecified atom stereocenters. The first kappa shape index (κ1) is 444. The fourth-order valence-electron chi connectivity index (χ4n) is 1.21. The number of para-hydroxylation sites is 1. The van der Waals surface area contributed by atoms with E-state index in [0.717, 1.165) is 11.5 Å². The zero-order valence-corrected chi connectivity index (χ0v) is 227. The summed E-state index contributed by atoms with van der Waals surface area (Å²) in [5.74, 6) is 0.801. The van der Waals surface area contributed by atoms with E-state index < -0.39 is 0 Å². The number of anilines is 2. The second-order valence-corrected chi connectivity index (χ2v) is 2.91. The zero-order valence-electron chi connectivity index (χ0n) is 44.9. The predicted octanol–water partition coefficient (Wildman–Crippen LogP) is 2.29. The van der Waals surface area contributed by atoms with Crippen molar-refractivity contribution >= 4 is 11.5 Å². The molecule has 0 aliphatic rings. The van der Waals surface area contributed by atoms with Gasteiger partial charge in [0, 0.05) is 2110 Å². The van der Waals surface area contributed by atoms with Crippen molar-refractivity contribution in [1.82, 2.24) is 4.98 Å². The minimum absolute atomic E-state index is 0. The summed E-state index contributed by atoms with van der Waals surface area (Å²) in [5.41, 5.74) is 0.988. The van der Waals surface area contributed by atoms with Crippen LogP contribution in [0.3, 0.4) is 0 Å². The first-order valence-electron chi connectivity index (χ1n) is 4.41. The smallest absolute Gasteiger partial charge is 0.0359 e. The molecular weight excluding hydrogens is 5860 g/mol. The van der Waals surface area contributed by atoms with Crippen molar-refractivity contribution in [2.45, 2.75) is 0 Å². The summed E-state index contributed by atoms with van der Waals surface area (Å²) in [6, 6.07) is 17.7. The van der Waals surface area contributed by atoms with Crippen LogP contribution in [0.4, 0.5) is 11.5 Å². The van der Waals surface area contributed by atoms with E-state index in [1.54, 1.807) is 6.20 Å². The molecule has 0 fully saturated rings. The molecule has 2 rings (SSSR count). The van der Waals surface area contributed by atoms with Gasteiger partial charge in [-0.1, -0.05) is 11.9 Å². The summed E-state index contributed by atoms with van der Waals surface area (Å²) >= 11 is 0. The Morgan fingerprint density at radius 3 is 0.487 bits per heavy atom. The summed E-state index contributed by atoms with van der Waals surface area (Å²) in [7, 11) is 1.95. The minimum atomic E-state index is 0. The van der Waals surface area contributed by atoms with E-state index in [9.17, 15) is 0 Å². The standard InChI is InChI=1S/C12H10N2.64Y/c1-14(11-7-3-2-4-8-11)12-9-5-6-10-13-12;;;;;;;;;;;;;;;;;;;;;;;;;;;;;;;;;;;;;;;;;;;;;;;;;;;;;;;;;;;;;;;;/h2-7,10H,1H3;;;;;;;;;;;;;;;;;;;;;;;;;;;;;;;;;;;;;;;;;;;;;;;;;;;;;;;;;;;;;;;;/q-2;;;;;;;;;;;;;;;;;;;;;;;;;;;;;;;;;;;;;;;;;;;;;;;;;;;;;;;;;;;;;;;;. The third-order valence-corrected chi connectivity index (χ3v) is 1.96. The molecule has 78 heavy (non-hydrogen) atoms. The number of aromatic nitrogens is 1. The molecular formula is C12H10N2Y64-2. The number of pyridine rings is 1. The van der Waals surface area contributed by atoms with Crippen LogP contribution in [0.2, 0.25) is 0 Å². The van der Waals surface area contributed by atoms with E-state index in [2.05, 4.69) is 17.1 Å². The van der Waals surface area contributed by atoms with Crippen LogP contribution in [-0.4, -0.2) is 12.0 Å². The molecule has 66 heteroatoms. The Bertz CT molecular complexity index is 397. The Morgan fingerprint density at radius 1 is 0.218 bits per heavy atom. The summed E-state index contributed by atoms with van der Waals surface area (Å²) in [5, 5.41) is 0. The average Bonchev–Trinajstić information content (AvgIpc) is 2.30. The maximum atomic E-state index is 4.21. The number of rotatable bonds is 2. The van der Waals surface area contributed by atoms with Gasteiger partial charge < -0.3 is 4.90 Å². The van der Waals surface area contributed by atoms with E-state index in [1.165, 1.54) is 0 Å². The van der Waals surface area contributed by atoms with Crippen LogP contribution < -0.4 is 4.90 Å². The quantitative estimate of drug-likeness (QED) is 0.430. The molecule has 1 aromatic carbocycles. The van der Waals surface area contributed by atoms with Gasteiger partial charge in [0.1, 0.15) is 0 Å². The fraction of sp³-hybridized carbons (Fsp3) is 0.0833. The van der Waals surface area contributed by atoms with Gasteiger partial charge in [-0.05, 0) is 0 Å². The molecule has 0 bridgehead atoms. The van der Waals surface area contributed by atoms with E-state index in [-0.39, 0.29) is 2090 Å². The molecule has 0 saturated carbocycles. The third-order valence-electron chi connectivity index (χ3n) is 1.96. The Labute approximate surface area is 2090 Å². The number of hydrogen-bond acceptors (Lipinski definition) is 2. The van der Waals surface area contributed by atoms with E-state index in [4.69, 9.17) is 0 Å². The second kappa shape index (κ2) is 397. The molecule has 64 radical (unpaired) electrons. The molecule has 0 amide bonds. The van der Waals surface area contributed by atoms with Crippen molar-refractivity contribution in [1.29, 1.82) is 0 Å². The Hall–Kier alpha value is 68.8. The molecule has 0 spiro atoms. The molecule has 0 saturated heterocycles. The van der Waals surface area contributed by atoms with E-state index >= 15 is 0 Å². The average molecular weight is 5870 g/mol. The monoisotopic (exact) mass is 5870 g/mol. The Balaban J connectivity index is -0.000000000576. The normalized spacial score (nSPS) is 1.76. The summed E-state index contributed by atoms with van der Waals surface area (Å²) in [6.07, 6.45) is 1.76. The van der Waals surface area contributed by atoms with Gasteiger partial charge in [-0.2, -0.15) is 30.3 Å². The maximum absolute atomic E-state index is 4.21. The van der Waals surface area contributed by atoms with Gasteiger partial charge in [-0.15, -0.1) is 6.07 Å². The van der Waals surface area contributed by atoms with Crippen molar-refractivity contribution in [3.63, 3.8) is 0 Å². The topological polar surface area (TPSA) is 16.1 Å². The van der Waals surface area contributed by atoms with Crippen LogP contribution in [0, 0.1) is 12.1 Å². The molecule has 0 aliphatic heterocycles.